The maximum Gasteiger partial charge on any atom is 0.333 e. The monoisotopic (exact) mass is 194 g/mol. The van der Waals surface area contributed by atoms with Gasteiger partial charge in [-0.1, -0.05) is 6.58 Å². The van der Waals surface area contributed by atoms with Crippen molar-refractivity contribution in [3.8, 4) is 0 Å². The molecule has 1 heterocycles. The van der Waals surface area contributed by atoms with Gasteiger partial charge in [-0.25, -0.2) is 4.79 Å². The number of carbonyl (C=O) groups excluding carboxylic acids is 1. The van der Waals surface area contributed by atoms with Gasteiger partial charge in [0.05, 0.1) is 6.26 Å². The molecule has 0 fully saturated rings. The second kappa shape index (κ2) is 4.65. The summed E-state index contributed by atoms with van der Waals surface area (Å²) in [6.07, 6.45) is 2.00. The van der Waals surface area contributed by atoms with Crippen LogP contribution in [0.4, 0.5) is 0 Å². The Morgan fingerprint density at radius 2 is 2.43 bits per heavy atom. The van der Waals surface area contributed by atoms with E-state index in [9.17, 15) is 4.79 Å². The van der Waals surface area contributed by atoms with Crippen LogP contribution in [0.15, 0.2) is 35.0 Å². The lowest BCUT2D eigenvalue weighted by Gasteiger charge is -2.11. The largest absolute Gasteiger partial charge is 0.469 e. The zero-order valence-corrected chi connectivity index (χ0v) is 8.45. The van der Waals surface area contributed by atoms with Crippen molar-refractivity contribution in [1.29, 1.82) is 0 Å². The first-order valence-electron chi connectivity index (χ1n) is 4.48. The molecule has 0 radical (unpaired) electrons. The van der Waals surface area contributed by atoms with Gasteiger partial charge in [0.2, 0.25) is 0 Å². The molecule has 3 nitrogen and oxygen atoms in total. The third-order valence-corrected chi connectivity index (χ3v) is 1.73. The predicted molar refractivity (Wildman–Crippen MR) is 52.8 cm³/mol. The summed E-state index contributed by atoms with van der Waals surface area (Å²) in [5.41, 5.74) is 0.413. The summed E-state index contributed by atoms with van der Waals surface area (Å²) in [5.74, 6) is 0.455. The van der Waals surface area contributed by atoms with Crippen molar-refractivity contribution in [2.24, 2.45) is 0 Å². The van der Waals surface area contributed by atoms with E-state index in [-0.39, 0.29) is 12.1 Å². The molecule has 0 aliphatic heterocycles. The van der Waals surface area contributed by atoms with Gasteiger partial charge < -0.3 is 9.15 Å². The number of hydrogen-bond donors (Lipinski definition) is 0. The summed E-state index contributed by atoms with van der Waals surface area (Å²) >= 11 is 0. The van der Waals surface area contributed by atoms with Gasteiger partial charge in [-0.3, -0.25) is 0 Å². The standard InChI is InChI=1S/C11H14O3/c1-8(2)11(12)14-9(3)7-10-5-4-6-13-10/h4-6,9H,1,7H2,2-3H3. The fraction of sp³-hybridized carbons (Fsp3) is 0.364. The van der Waals surface area contributed by atoms with E-state index >= 15 is 0 Å². The zero-order valence-electron chi connectivity index (χ0n) is 8.45. The lowest BCUT2D eigenvalue weighted by Crippen LogP contribution is -2.17. The van der Waals surface area contributed by atoms with Crippen LogP contribution >= 0.6 is 0 Å². The van der Waals surface area contributed by atoms with E-state index in [1.807, 2.05) is 19.1 Å². The second-order valence-corrected chi connectivity index (χ2v) is 3.28. The normalized spacial score (nSPS) is 12.1. The molecule has 0 saturated carbocycles. The van der Waals surface area contributed by atoms with Crippen molar-refractivity contribution in [3.05, 3.63) is 36.3 Å². The van der Waals surface area contributed by atoms with Crippen molar-refractivity contribution >= 4 is 5.97 Å². The fourth-order valence-corrected chi connectivity index (χ4v) is 1.04. The second-order valence-electron chi connectivity index (χ2n) is 3.28. The minimum absolute atomic E-state index is 0.189. The first-order valence-corrected chi connectivity index (χ1v) is 4.48. The predicted octanol–water partition coefficient (Wildman–Crippen LogP) is 2.33. The molecule has 76 valence electrons. The molecule has 1 aromatic heterocycles. The molecule has 0 aliphatic carbocycles. The lowest BCUT2D eigenvalue weighted by atomic mass is 10.2. The van der Waals surface area contributed by atoms with E-state index in [0.29, 0.717) is 12.0 Å². The fourth-order valence-electron chi connectivity index (χ4n) is 1.04. The van der Waals surface area contributed by atoms with Gasteiger partial charge in [0.25, 0.3) is 0 Å². The van der Waals surface area contributed by atoms with Crippen molar-refractivity contribution in [3.63, 3.8) is 0 Å². The van der Waals surface area contributed by atoms with Crippen LogP contribution in [0.25, 0.3) is 0 Å². The van der Waals surface area contributed by atoms with Crippen LogP contribution in [0.1, 0.15) is 19.6 Å². The Balaban J connectivity index is 2.40. The highest BCUT2D eigenvalue weighted by Crippen LogP contribution is 2.07. The number of rotatable bonds is 4. The highest BCUT2D eigenvalue weighted by atomic mass is 16.5. The van der Waals surface area contributed by atoms with E-state index in [0.717, 1.165) is 5.76 Å². The van der Waals surface area contributed by atoms with Crippen LogP contribution < -0.4 is 0 Å². The van der Waals surface area contributed by atoms with Crippen LogP contribution in [-0.4, -0.2) is 12.1 Å². The first-order chi connectivity index (χ1) is 6.59. The Morgan fingerprint density at radius 3 is 2.93 bits per heavy atom. The van der Waals surface area contributed by atoms with E-state index in [2.05, 4.69) is 6.58 Å². The molecule has 0 saturated heterocycles. The molecule has 0 bridgehead atoms. The maximum absolute atomic E-state index is 11.1. The third-order valence-electron chi connectivity index (χ3n) is 1.73. The summed E-state index contributed by atoms with van der Waals surface area (Å²) in [4.78, 5) is 11.1. The van der Waals surface area contributed by atoms with Gasteiger partial charge in [0, 0.05) is 12.0 Å². The van der Waals surface area contributed by atoms with Crippen molar-refractivity contribution in [2.75, 3.05) is 0 Å². The average molecular weight is 194 g/mol. The number of esters is 1. The Hall–Kier alpha value is -1.51. The summed E-state index contributed by atoms with van der Waals surface area (Å²) in [7, 11) is 0. The summed E-state index contributed by atoms with van der Waals surface area (Å²) < 4.78 is 10.2. The molecule has 3 heteroatoms. The lowest BCUT2D eigenvalue weighted by molar-refractivity contribution is -0.143. The first kappa shape index (κ1) is 10.6. The molecule has 1 atom stereocenters. The third kappa shape index (κ3) is 3.09. The molecule has 0 aliphatic rings. The minimum atomic E-state index is -0.357. The molecule has 0 aromatic carbocycles. The molecule has 0 N–H and O–H groups in total. The minimum Gasteiger partial charge on any atom is -0.469 e. The van der Waals surface area contributed by atoms with E-state index in [1.54, 1.807) is 13.2 Å². The topological polar surface area (TPSA) is 39.4 Å². The van der Waals surface area contributed by atoms with Crippen LogP contribution in [-0.2, 0) is 16.0 Å². The molecule has 1 rings (SSSR count). The SMILES string of the molecule is C=C(C)C(=O)OC(C)Cc1ccco1. The molecule has 14 heavy (non-hydrogen) atoms. The number of ether oxygens (including phenoxy) is 1. The van der Waals surface area contributed by atoms with E-state index in [4.69, 9.17) is 9.15 Å². The number of hydrogen-bond acceptors (Lipinski definition) is 3. The highest BCUT2D eigenvalue weighted by Gasteiger charge is 2.11. The van der Waals surface area contributed by atoms with Crippen molar-refractivity contribution < 1.29 is 13.9 Å². The smallest absolute Gasteiger partial charge is 0.333 e. The van der Waals surface area contributed by atoms with Gasteiger partial charge >= 0.3 is 5.97 Å². The molecular formula is C11H14O3. The highest BCUT2D eigenvalue weighted by molar-refractivity contribution is 5.87. The Morgan fingerprint density at radius 1 is 1.71 bits per heavy atom. The molecule has 0 amide bonds. The number of carbonyl (C=O) groups is 1. The zero-order chi connectivity index (χ0) is 10.6. The van der Waals surface area contributed by atoms with Gasteiger partial charge in [-0.05, 0) is 26.0 Å². The molecular weight excluding hydrogens is 180 g/mol. The Kier molecular flexibility index (Phi) is 3.51. The van der Waals surface area contributed by atoms with Crippen LogP contribution in [0.5, 0.6) is 0 Å². The van der Waals surface area contributed by atoms with Crippen LogP contribution in [0, 0.1) is 0 Å². The Bertz CT molecular complexity index is 311. The number of furan rings is 1. The van der Waals surface area contributed by atoms with E-state index in [1.165, 1.54) is 0 Å². The Labute approximate surface area is 83.4 Å². The van der Waals surface area contributed by atoms with E-state index < -0.39 is 0 Å². The van der Waals surface area contributed by atoms with Crippen molar-refractivity contribution in [1.82, 2.24) is 0 Å². The van der Waals surface area contributed by atoms with Gasteiger partial charge in [0.1, 0.15) is 11.9 Å². The molecule has 1 unspecified atom stereocenters. The van der Waals surface area contributed by atoms with Crippen LogP contribution in [0.3, 0.4) is 0 Å². The molecule has 1 aromatic rings. The summed E-state index contributed by atoms with van der Waals surface area (Å²) in [6, 6.07) is 3.66. The maximum atomic E-state index is 11.1. The summed E-state index contributed by atoms with van der Waals surface area (Å²) in [6.45, 7) is 6.96. The average Bonchev–Trinajstić information content (AvgIpc) is 2.56. The van der Waals surface area contributed by atoms with Gasteiger partial charge in [0.15, 0.2) is 0 Å². The van der Waals surface area contributed by atoms with Gasteiger partial charge in [-0.2, -0.15) is 0 Å². The van der Waals surface area contributed by atoms with Crippen molar-refractivity contribution in [2.45, 2.75) is 26.4 Å². The quantitative estimate of drug-likeness (QED) is 0.545. The molecule has 0 spiro atoms. The van der Waals surface area contributed by atoms with Gasteiger partial charge in [-0.15, -0.1) is 0 Å². The summed E-state index contributed by atoms with van der Waals surface area (Å²) in [5, 5.41) is 0. The van der Waals surface area contributed by atoms with Crippen LogP contribution in [0.2, 0.25) is 0 Å².